The topological polar surface area (TPSA) is 234 Å². The molecule has 13 nitrogen and oxygen atoms in total. The Hall–Kier alpha value is -3.35. The average molecular weight is 304 g/mol. The number of hydrogen-bond acceptors (Lipinski definition) is 8. The molecule has 7 N–H and O–H groups in total. The standard InChI is InChI=1S/C7H5N3O6.CH4N2O.H3N/c1-4-6(9(13)14)2-5(8(11)12)3-7(4)10(15)16;2-1(3)4;/h2-3H,1H3;(H4,2,3,4);1H3. The summed E-state index contributed by atoms with van der Waals surface area (Å²) in [4.78, 5) is 37.8. The van der Waals surface area contributed by atoms with Crippen LogP contribution in [0.15, 0.2) is 12.1 Å². The minimum Gasteiger partial charge on any atom is -0.352 e. The summed E-state index contributed by atoms with van der Waals surface area (Å²) in [6.45, 7) is 1.17. The molecule has 1 rings (SSSR count). The van der Waals surface area contributed by atoms with Gasteiger partial charge in [0.1, 0.15) is 5.56 Å². The van der Waals surface area contributed by atoms with Gasteiger partial charge in [0.15, 0.2) is 0 Å². The molecule has 0 bridgehead atoms. The molecule has 0 saturated carbocycles. The molecule has 0 aliphatic carbocycles. The van der Waals surface area contributed by atoms with Crippen LogP contribution >= 0.6 is 0 Å². The Morgan fingerprint density at radius 1 is 0.952 bits per heavy atom. The van der Waals surface area contributed by atoms with E-state index in [0.717, 1.165) is 0 Å². The van der Waals surface area contributed by atoms with Gasteiger partial charge in [0, 0.05) is 0 Å². The van der Waals surface area contributed by atoms with Gasteiger partial charge in [-0.25, -0.2) is 4.79 Å². The Bertz CT molecular complexity index is 547. The number of rotatable bonds is 3. The number of non-ortho nitro benzene ring substituents is 1. The summed E-state index contributed by atoms with van der Waals surface area (Å²) in [5.41, 5.74) is 6.34. The highest BCUT2D eigenvalue weighted by molar-refractivity contribution is 5.69. The van der Waals surface area contributed by atoms with Crippen LogP contribution < -0.4 is 17.6 Å². The number of benzene rings is 1. The second-order valence-corrected chi connectivity index (χ2v) is 3.28. The van der Waals surface area contributed by atoms with E-state index in [0.29, 0.717) is 12.1 Å². The zero-order valence-electron chi connectivity index (χ0n) is 10.7. The van der Waals surface area contributed by atoms with Crippen LogP contribution in [0, 0.1) is 37.3 Å². The van der Waals surface area contributed by atoms with Gasteiger partial charge in [-0.05, 0) is 6.92 Å². The molecule has 0 radical (unpaired) electrons. The maximum absolute atomic E-state index is 10.5. The lowest BCUT2D eigenvalue weighted by Gasteiger charge is -1.99. The molecular formula is C8H12N6O7. The highest BCUT2D eigenvalue weighted by Crippen LogP contribution is 2.32. The van der Waals surface area contributed by atoms with Crippen molar-refractivity contribution in [2.45, 2.75) is 6.92 Å². The molecule has 0 aliphatic rings. The molecule has 13 heteroatoms. The van der Waals surface area contributed by atoms with Crippen LogP contribution in [0.1, 0.15) is 5.56 Å². The SMILES string of the molecule is Cc1c([N+](=O)[O-])cc([N+](=O)[O-])cc1[N+](=O)[O-].N.NC(N)=O. The van der Waals surface area contributed by atoms with Crippen LogP contribution in [0.2, 0.25) is 0 Å². The third-order valence-corrected chi connectivity index (χ3v) is 1.94. The summed E-state index contributed by atoms with van der Waals surface area (Å²) in [7, 11) is 0. The zero-order chi connectivity index (χ0) is 16.0. The Labute approximate surface area is 116 Å². The monoisotopic (exact) mass is 304 g/mol. The van der Waals surface area contributed by atoms with E-state index in [4.69, 9.17) is 4.79 Å². The molecule has 0 saturated heterocycles. The van der Waals surface area contributed by atoms with Gasteiger partial charge in [0.2, 0.25) is 0 Å². The molecule has 0 spiro atoms. The summed E-state index contributed by atoms with van der Waals surface area (Å²) < 4.78 is 0. The summed E-state index contributed by atoms with van der Waals surface area (Å²) in [6.07, 6.45) is 0. The number of carbonyl (C=O) groups is 1. The van der Waals surface area contributed by atoms with Crippen molar-refractivity contribution in [3.63, 3.8) is 0 Å². The Kier molecular flexibility index (Phi) is 7.56. The van der Waals surface area contributed by atoms with Crippen molar-refractivity contribution in [2.24, 2.45) is 11.5 Å². The smallest absolute Gasteiger partial charge is 0.309 e. The van der Waals surface area contributed by atoms with E-state index in [1.54, 1.807) is 0 Å². The summed E-state index contributed by atoms with van der Waals surface area (Å²) in [5.74, 6) is 0. The van der Waals surface area contributed by atoms with Crippen molar-refractivity contribution in [2.75, 3.05) is 0 Å². The molecule has 1 aromatic rings. The van der Waals surface area contributed by atoms with Crippen molar-refractivity contribution in [1.82, 2.24) is 6.15 Å². The number of nitrogens with zero attached hydrogens (tertiary/aromatic N) is 3. The van der Waals surface area contributed by atoms with Gasteiger partial charge in [0.05, 0.1) is 26.9 Å². The first-order chi connectivity index (χ1) is 9.07. The fourth-order valence-corrected chi connectivity index (χ4v) is 1.15. The van der Waals surface area contributed by atoms with Crippen LogP contribution in [0.4, 0.5) is 21.9 Å². The molecule has 0 fully saturated rings. The predicted octanol–water partition coefficient (Wildman–Crippen LogP) is 0.905. The summed E-state index contributed by atoms with van der Waals surface area (Å²) in [6, 6.07) is 0.560. The lowest BCUT2D eigenvalue weighted by molar-refractivity contribution is -0.403. The van der Waals surface area contributed by atoms with Crippen molar-refractivity contribution in [1.29, 1.82) is 0 Å². The number of amides is 2. The van der Waals surface area contributed by atoms with Gasteiger partial charge >= 0.3 is 6.03 Å². The first-order valence-electron chi connectivity index (χ1n) is 4.70. The van der Waals surface area contributed by atoms with E-state index in [1.807, 2.05) is 0 Å². The normalized spacial score (nSPS) is 8.62. The highest BCUT2D eigenvalue weighted by atomic mass is 16.6. The van der Waals surface area contributed by atoms with Gasteiger partial charge in [-0.15, -0.1) is 0 Å². The largest absolute Gasteiger partial charge is 0.352 e. The third-order valence-electron chi connectivity index (χ3n) is 1.94. The van der Waals surface area contributed by atoms with E-state index < -0.39 is 37.9 Å². The second-order valence-electron chi connectivity index (χ2n) is 3.28. The van der Waals surface area contributed by atoms with E-state index >= 15 is 0 Å². The van der Waals surface area contributed by atoms with E-state index in [1.165, 1.54) is 6.92 Å². The number of primary amides is 2. The van der Waals surface area contributed by atoms with Crippen molar-refractivity contribution in [3.05, 3.63) is 48.0 Å². The van der Waals surface area contributed by atoms with Crippen molar-refractivity contribution in [3.8, 4) is 0 Å². The molecule has 0 atom stereocenters. The predicted molar refractivity (Wildman–Crippen MR) is 69.9 cm³/mol. The zero-order valence-corrected chi connectivity index (χ0v) is 10.7. The van der Waals surface area contributed by atoms with Gasteiger partial charge < -0.3 is 17.6 Å². The number of hydrogen-bond donors (Lipinski definition) is 3. The highest BCUT2D eigenvalue weighted by Gasteiger charge is 2.27. The molecule has 21 heavy (non-hydrogen) atoms. The number of nitro benzene ring substituents is 3. The molecule has 0 aliphatic heterocycles. The molecule has 0 heterocycles. The molecule has 116 valence electrons. The maximum atomic E-state index is 10.5. The third kappa shape index (κ3) is 5.88. The minimum atomic E-state index is -0.917. The Morgan fingerprint density at radius 2 is 1.24 bits per heavy atom. The second kappa shape index (κ2) is 7.95. The molecular weight excluding hydrogens is 292 g/mol. The number of urea groups is 1. The average Bonchev–Trinajstić information content (AvgIpc) is 2.27. The summed E-state index contributed by atoms with van der Waals surface area (Å²) in [5, 5.41) is 31.5. The van der Waals surface area contributed by atoms with Gasteiger partial charge in [-0.3, -0.25) is 30.3 Å². The molecule has 0 aromatic heterocycles. The quantitative estimate of drug-likeness (QED) is 0.534. The number of nitrogens with two attached hydrogens (primary N) is 2. The molecule has 1 aromatic carbocycles. The van der Waals surface area contributed by atoms with Crippen LogP contribution in [0.5, 0.6) is 0 Å². The summed E-state index contributed by atoms with van der Waals surface area (Å²) >= 11 is 0. The first kappa shape index (κ1) is 20.0. The molecule has 0 unspecified atom stereocenters. The van der Waals surface area contributed by atoms with Crippen LogP contribution in [0.3, 0.4) is 0 Å². The number of nitro groups is 3. The first-order valence-corrected chi connectivity index (χ1v) is 4.70. The van der Waals surface area contributed by atoms with Gasteiger partial charge in [-0.2, -0.15) is 0 Å². The minimum absolute atomic E-state index is 0. The Balaban J connectivity index is 0. The fraction of sp³-hybridized carbons (Fsp3) is 0.125. The van der Waals surface area contributed by atoms with Crippen molar-refractivity contribution < 1.29 is 19.6 Å². The molecule has 2 amide bonds. The van der Waals surface area contributed by atoms with E-state index in [9.17, 15) is 30.3 Å². The van der Waals surface area contributed by atoms with E-state index in [2.05, 4.69) is 11.5 Å². The van der Waals surface area contributed by atoms with Gasteiger partial charge in [-0.1, -0.05) is 0 Å². The van der Waals surface area contributed by atoms with Crippen LogP contribution in [-0.4, -0.2) is 20.8 Å². The van der Waals surface area contributed by atoms with Crippen molar-refractivity contribution >= 4 is 23.1 Å². The van der Waals surface area contributed by atoms with Crippen LogP contribution in [-0.2, 0) is 0 Å². The lowest BCUT2D eigenvalue weighted by atomic mass is 10.1. The maximum Gasteiger partial charge on any atom is 0.309 e. The van der Waals surface area contributed by atoms with Crippen LogP contribution in [0.25, 0.3) is 0 Å². The number of carbonyl (C=O) groups excluding carboxylic acids is 1. The van der Waals surface area contributed by atoms with Gasteiger partial charge in [0.25, 0.3) is 17.1 Å². The fourth-order valence-electron chi connectivity index (χ4n) is 1.15. The van der Waals surface area contributed by atoms with E-state index in [-0.39, 0.29) is 11.7 Å². The Morgan fingerprint density at radius 3 is 1.43 bits per heavy atom. The lowest BCUT2D eigenvalue weighted by Crippen LogP contribution is -2.18.